The van der Waals surface area contributed by atoms with E-state index in [4.69, 9.17) is 15.2 Å². The van der Waals surface area contributed by atoms with Crippen molar-refractivity contribution in [1.29, 1.82) is 0 Å². The van der Waals surface area contributed by atoms with Gasteiger partial charge in [-0.05, 0) is 48.6 Å². The van der Waals surface area contributed by atoms with E-state index in [1.165, 1.54) is 24.4 Å². The zero-order valence-corrected chi connectivity index (χ0v) is 17.9. The molecule has 0 bridgehead atoms. The van der Waals surface area contributed by atoms with Crippen LogP contribution in [0.4, 0.5) is 18.0 Å². The SMILES string of the molecule is CC(C)C[C@@](C)(COc1ccc(-c2ccnc3c2C(=O)NC3)cc1C(F)(F)F)OC(N)=O. The van der Waals surface area contributed by atoms with E-state index in [1.54, 1.807) is 6.92 Å². The van der Waals surface area contributed by atoms with Crippen LogP contribution in [-0.2, 0) is 17.5 Å². The second-order valence-corrected chi connectivity index (χ2v) is 8.33. The van der Waals surface area contributed by atoms with Crippen molar-refractivity contribution in [3.8, 4) is 16.9 Å². The van der Waals surface area contributed by atoms with Crippen molar-refractivity contribution < 1.29 is 32.2 Å². The van der Waals surface area contributed by atoms with Crippen LogP contribution in [0.5, 0.6) is 5.75 Å². The highest BCUT2D eigenvalue weighted by Gasteiger charge is 2.37. The van der Waals surface area contributed by atoms with Crippen LogP contribution >= 0.6 is 0 Å². The number of hydrogen-bond acceptors (Lipinski definition) is 5. The molecule has 2 heterocycles. The Morgan fingerprint density at radius 2 is 2.00 bits per heavy atom. The maximum Gasteiger partial charge on any atom is 0.419 e. The summed E-state index contributed by atoms with van der Waals surface area (Å²) < 4.78 is 52.2. The van der Waals surface area contributed by atoms with Gasteiger partial charge in [-0.2, -0.15) is 13.2 Å². The fourth-order valence-corrected chi connectivity index (χ4v) is 3.90. The van der Waals surface area contributed by atoms with Crippen molar-refractivity contribution in [2.24, 2.45) is 11.7 Å². The topological polar surface area (TPSA) is 104 Å². The number of amides is 2. The first-order valence-corrected chi connectivity index (χ1v) is 9.98. The third-order valence-corrected chi connectivity index (χ3v) is 4.99. The van der Waals surface area contributed by atoms with E-state index in [1.807, 2.05) is 13.8 Å². The Kier molecular flexibility index (Phi) is 6.34. The molecule has 0 unspecified atom stereocenters. The first kappa shape index (κ1) is 23.4. The van der Waals surface area contributed by atoms with Crippen molar-refractivity contribution in [1.82, 2.24) is 10.3 Å². The van der Waals surface area contributed by atoms with Crippen molar-refractivity contribution in [2.75, 3.05) is 6.61 Å². The third kappa shape index (κ3) is 5.12. The van der Waals surface area contributed by atoms with E-state index in [2.05, 4.69) is 10.3 Å². The molecule has 1 aliphatic rings. The van der Waals surface area contributed by atoms with Gasteiger partial charge in [0.1, 0.15) is 18.0 Å². The minimum absolute atomic E-state index is 0.0762. The lowest BCUT2D eigenvalue weighted by Gasteiger charge is -2.30. The van der Waals surface area contributed by atoms with Crippen LogP contribution in [0.15, 0.2) is 30.5 Å². The maximum absolute atomic E-state index is 13.9. The average molecular weight is 451 g/mol. The summed E-state index contributed by atoms with van der Waals surface area (Å²) in [6.07, 6.45) is -3.96. The lowest BCUT2D eigenvalue weighted by Crippen LogP contribution is -2.41. The van der Waals surface area contributed by atoms with Gasteiger partial charge >= 0.3 is 12.3 Å². The Labute approximate surface area is 183 Å². The molecule has 0 saturated heterocycles. The van der Waals surface area contributed by atoms with Gasteiger partial charge in [0.15, 0.2) is 0 Å². The normalized spacial score (nSPS) is 15.2. The van der Waals surface area contributed by atoms with Crippen LogP contribution in [0.3, 0.4) is 0 Å². The highest BCUT2D eigenvalue weighted by Crippen LogP contribution is 2.40. The number of aromatic nitrogens is 1. The van der Waals surface area contributed by atoms with Crippen molar-refractivity contribution in [2.45, 2.75) is 45.5 Å². The van der Waals surface area contributed by atoms with Gasteiger partial charge in [-0.1, -0.05) is 19.9 Å². The number of nitrogens with two attached hydrogens (primary N) is 1. The molecular formula is C22H24F3N3O4. The van der Waals surface area contributed by atoms with Crippen molar-refractivity contribution in [3.05, 3.63) is 47.3 Å². The van der Waals surface area contributed by atoms with Gasteiger partial charge in [-0.15, -0.1) is 0 Å². The third-order valence-electron chi connectivity index (χ3n) is 4.99. The van der Waals surface area contributed by atoms with Crippen molar-refractivity contribution in [3.63, 3.8) is 0 Å². The van der Waals surface area contributed by atoms with Crippen LogP contribution in [-0.4, -0.2) is 29.2 Å². The summed E-state index contributed by atoms with van der Waals surface area (Å²) in [6.45, 7) is 5.22. The van der Waals surface area contributed by atoms with E-state index in [0.29, 0.717) is 17.7 Å². The number of nitrogens with one attached hydrogen (secondary N) is 1. The molecular weight excluding hydrogens is 427 g/mol. The Bertz CT molecular complexity index is 1040. The number of fused-ring (bicyclic) bond motifs is 1. The van der Waals surface area contributed by atoms with Gasteiger partial charge in [0, 0.05) is 6.20 Å². The molecule has 2 amide bonds. The second-order valence-electron chi connectivity index (χ2n) is 8.33. The highest BCUT2D eigenvalue weighted by atomic mass is 19.4. The van der Waals surface area contributed by atoms with Crippen LogP contribution < -0.4 is 15.8 Å². The van der Waals surface area contributed by atoms with E-state index in [-0.39, 0.29) is 36.1 Å². The van der Waals surface area contributed by atoms with E-state index in [0.717, 1.165) is 6.07 Å². The van der Waals surface area contributed by atoms with Crippen molar-refractivity contribution >= 4 is 12.0 Å². The number of halogens is 3. The van der Waals surface area contributed by atoms with Gasteiger partial charge in [-0.25, -0.2) is 4.79 Å². The fourth-order valence-electron chi connectivity index (χ4n) is 3.90. The zero-order valence-electron chi connectivity index (χ0n) is 17.9. The second kappa shape index (κ2) is 8.68. The molecule has 1 atom stereocenters. The number of rotatable bonds is 7. The van der Waals surface area contributed by atoms with Crippen LogP contribution in [0.2, 0.25) is 0 Å². The summed E-state index contributed by atoms with van der Waals surface area (Å²) in [7, 11) is 0. The summed E-state index contributed by atoms with van der Waals surface area (Å²) in [4.78, 5) is 27.5. The highest BCUT2D eigenvalue weighted by molar-refractivity contribution is 6.04. The maximum atomic E-state index is 13.9. The number of primary amides is 1. The first-order chi connectivity index (χ1) is 14.9. The Hall–Kier alpha value is -3.30. The smallest absolute Gasteiger partial charge is 0.419 e. The van der Waals surface area contributed by atoms with Crippen LogP contribution in [0, 0.1) is 5.92 Å². The number of nitrogens with zero attached hydrogens (tertiary/aromatic N) is 1. The van der Waals surface area contributed by atoms with Gasteiger partial charge in [-0.3, -0.25) is 9.78 Å². The Balaban J connectivity index is 1.96. The first-order valence-electron chi connectivity index (χ1n) is 9.98. The predicted octanol–water partition coefficient (Wildman–Crippen LogP) is 4.29. The molecule has 0 aliphatic carbocycles. The average Bonchev–Trinajstić information content (AvgIpc) is 3.05. The number of hydrogen-bond donors (Lipinski definition) is 2. The monoisotopic (exact) mass is 451 g/mol. The minimum Gasteiger partial charge on any atom is -0.489 e. The van der Waals surface area contributed by atoms with Gasteiger partial charge in [0.05, 0.1) is 23.4 Å². The molecule has 0 radical (unpaired) electrons. The minimum atomic E-state index is -4.72. The number of carbonyl (C=O) groups excluding carboxylic acids is 2. The molecule has 7 nitrogen and oxygen atoms in total. The summed E-state index contributed by atoms with van der Waals surface area (Å²) >= 11 is 0. The molecule has 2 aromatic rings. The molecule has 1 aromatic carbocycles. The largest absolute Gasteiger partial charge is 0.489 e. The molecule has 32 heavy (non-hydrogen) atoms. The Morgan fingerprint density at radius 3 is 2.62 bits per heavy atom. The summed E-state index contributed by atoms with van der Waals surface area (Å²) in [6, 6.07) is 5.07. The summed E-state index contributed by atoms with van der Waals surface area (Å²) in [5.74, 6) is -0.725. The molecule has 0 spiro atoms. The molecule has 172 valence electrons. The lowest BCUT2D eigenvalue weighted by atomic mass is 9.94. The molecule has 0 fully saturated rings. The van der Waals surface area contributed by atoms with E-state index >= 15 is 0 Å². The van der Waals surface area contributed by atoms with Gasteiger partial charge in [0.25, 0.3) is 5.91 Å². The molecule has 0 saturated carbocycles. The predicted molar refractivity (Wildman–Crippen MR) is 110 cm³/mol. The van der Waals surface area contributed by atoms with Gasteiger partial charge < -0.3 is 20.5 Å². The number of benzene rings is 1. The lowest BCUT2D eigenvalue weighted by molar-refractivity contribution is -0.139. The van der Waals surface area contributed by atoms with Crippen LogP contribution in [0.1, 0.15) is 48.8 Å². The Morgan fingerprint density at radius 1 is 1.28 bits per heavy atom. The number of pyridine rings is 1. The van der Waals surface area contributed by atoms with E-state index < -0.39 is 29.2 Å². The molecule has 10 heteroatoms. The zero-order chi connectivity index (χ0) is 23.7. The van der Waals surface area contributed by atoms with E-state index in [9.17, 15) is 22.8 Å². The van der Waals surface area contributed by atoms with Crippen LogP contribution in [0.25, 0.3) is 11.1 Å². The van der Waals surface area contributed by atoms with Gasteiger partial charge in [0.2, 0.25) is 0 Å². The quantitative estimate of drug-likeness (QED) is 0.654. The fraction of sp³-hybridized carbons (Fsp3) is 0.409. The molecule has 1 aliphatic heterocycles. The summed E-state index contributed by atoms with van der Waals surface area (Å²) in [5, 5.41) is 2.62. The molecule has 3 rings (SSSR count). The molecule has 3 N–H and O–H groups in total. The summed E-state index contributed by atoms with van der Waals surface area (Å²) in [5.41, 5.74) is 4.21. The standard InChI is InChI=1S/C22H24F3N3O4/c1-12(2)9-21(3,32-20(26)30)11-31-17-5-4-13(8-15(17)22(23,24)25)14-6-7-27-16-10-28-19(29)18(14)16/h4-8,12H,9-11H2,1-3H3,(H2,26,30)(H,28,29)/t21-/m0/s1. The number of ether oxygens (including phenoxy) is 2. The number of carbonyl (C=O) groups is 2. The molecule has 1 aromatic heterocycles. The number of alkyl halides is 3.